The lowest BCUT2D eigenvalue weighted by atomic mass is 10.1. The Labute approximate surface area is 163 Å². The van der Waals surface area contributed by atoms with Crippen molar-refractivity contribution in [3.05, 3.63) is 0 Å². The third-order valence-electron chi connectivity index (χ3n) is 3.79. The van der Waals surface area contributed by atoms with Crippen LogP contribution in [0.1, 0.15) is 52.4 Å². The number of nitrogens with one attached hydrogen (secondary N) is 4. The average molecular weight is 402 g/mol. The van der Waals surface area contributed by atoms with Gasteiger partial charge in [-0.05, 0) is 38.5 Å². The maximum Gasteiger partial charge on any atom is 0.326 e. The second kappa shape index (κ2) is 14.2. The first-order valence-corrected chi connectivity index (χ1v) is 9.15. The molecule has 0 rings (SSSR count). The van der Waals surface area contributed by atoms with Gasteiger partial charge in [0.15, 0.2) is 0 Å². The van der Waals surface area contributed by atoms with E-state index in [0.717, 1.165) is 0 Å². The maximum absolute atomic E-state index is 12.0. The summed E-state index contributed by atoms with van der Waals surface area (Å²) in [5.74, 6) is -2.80. The minimum absolute atomic E-state index is 0.150. The fourth-order valence-electron chi connectivity index (χ4n) is 2.35. The first-order valence-electron chi connectivity index (χ1n) is 9.15. The fraction of sp³-hybridized carbons (Fsp3) is 0.706. The molecule has 11 nitrogen and oxygen atoms in total. The van der Waals surface area contributed by atoms with Crippen LogP contribution in [0.15, 0.2) is 0 Å². The third kappa shape index (κ3) is 13.4. The van der Waals surface area contributed by atoms with E-state index in [1.54, 1.807) is 0 Å². The van der Waals surface area contributed by atoms with Crippen LogP contribution in [0.25, 0.3) is 0 Å². The summed E-state index contributed by atoms with van der Waals surface area (Å²) >= 11 is 0. The van der Waals surface area contributed by atoms with Crippen LogP contribution >= 0.6 is 0 Å². The molecule has 0 spiro atoms. The second-order valence-electron chi connectivity index (χ2n) is 6.36. The number of amides is 4. The lowest BCUT2D eigenvalue weighted by Gasteiger charge is -2.18. The van der Waals surface area contributed by atoms with Gasteiger partial charge in [0, 0.05) is 26.9 Å². The predicted molar refractivity (Wildman–Crippen MR) is 99.6 cm³/mol. The van der Waals surface area contributed by atoms with E-state index in [0.29, 0.717) is 38.8 Å². The lowest BCUT2D eigenvalue weighted by Crippen LogP contribution is -2.51. The Morgan fingerprint density at radius 3 is 1.32 bits per heavy atom. The van der Waals surface area contributed by atoms with Crippen molar-refractivity contribution in [1.29, 1.82) is 0 Å². The van der Waals surface area contributed by atoms with Crippen molar-refractivity contribution in [2.24, 2.45) is 0 Å². The largest absolute Gasteiger partial charge is 0.480 e. The molecule has 0 bridgehead atoms. The molecule has 2 unspecified atom stereocenters. The first-order chi connectivity index (χ1) is 13.1. The zero-order valence-electron chi connectivity index (χ0n) is 16.2. The molecule has 0 aromatic carbocycles. The first kappa shape index (κ1) is 25.1. The van der Waals surface area contributed by atoms with E-state index < -0.39 is 30.1 Å². The quantitative estimate of drug-likeness (QED) is 0.218. The number of hydrogen-bond donors (Lipinski definition) is 6. The summed E-state index contributed by atoms with van der Waals surface area (Å²) in [6.45, 7) is 3.58. The van der Waals surface area contributed by atoms with Gasteiger partial charge >= 0.3 is 18.0 Å². The number of carboxylic acids is 2. The number of carbonyl (C=O) groups is 5. The molecule has 6 N–H and O–H groups in total. The van der Waals surface area contributed by atoms with Crippen molar-refractivity contribution in [3.8, 4) is 0 Å². The normalized spacial score (nSPS) is 12.4. The van der Waals surface area contributed by atoms with E-state index >= 15 is 0 Å². The van der Waals surface area contributed by atoms with Crippen LogP contribution in [0, 0.1) is 0 Å². The fourth-order valence-corrected chi connectivity index (χ4v) is 2.35. The van der Waals surface area contributed by atoms with Crippen molar-refractivity contribution >= 4 is 29.8 Å². The standard InChI is InChI=1S/C17H30N4O7/c1-11(22)18-9-5-3-7-13(15(24)25)20-17(28)21-14(16(26)27)8-4-6-10-19-12(2)23/h13-14H,3-10H2,1-2H3,(H,18,22)(H,19,23)(H,24,25)(H,26,27)(H2,20,21,28). The Balaban J connectivity index is 4.34. The highest BCUT2D eigenvalue weighted by Crippen LogP contribution is 2.04. The summed E-state index contributed by atoms with van der Waals surface area (Å²) in [7, 11) is 0. The highest BCUT2D eigenvalue weighted by molar-refractivity contribution is 5.86. The lowest BCUT2D eigenvalue weighted by molar-refractivity contribution is -0.139. The van der Waals surface area contributed by atoms with Gasteiger partial charge in [-0.1, -0.05) is 0 Å². The number of carbonyl (C=O) groups excluding carboxylic acids is 3. The molecule has 0 fully saturated rings. The van der Waals surface area contributed by atoms with Crippen molar-refractivity contribution in [1.82, 2.24) is 21.3 Å². The topological polar surface area (TPSA) is 174 Å². The van der Waals surface area contributed by atoms with Crippen LogP contribution in [0.3, 0.4) is 0 Å². The zero-order valence-corrected chi connectivity index (χ0v) is 16.2. The minimum Gasteiger partial charge on any atom is -0.480 e. The number of rotatable bonds is 14. The molecule has 0 saturated carbocycles. The molecule has 28 heavy (non-hydrogen) atoms. The molecule has 0 heterocycles. The summed E-state index contributed by atoms with van der Waals surface area (Å²) in [6, 6.07) is -3.19. The predicted octanol–water partition coefficient (Wildman–Crippen LogP) is -0.195. The zero-order chi connectivity index (χ0) is 21.5. The molecule has 4 amide bonds. The van der Waals surface area contributed by atoms with E-state index in [4.69, 9.17) is 0 Å². The van der Waals surface area contributed by atoms with Crippen LogP contribution in [0.2, 0.25) is 0 Å². The highest BCUT2D eigenvalue weighted by Gasteiger charge is 2.23. The van der Waals surface area contributed by atoms with E-state index in [1.807, 2.05) is 0 Å². The van der Waals surface area contributed by atoms with E-state index in [2.05, 4.69) is 21.3 Å². The summed E-state index contributed by atoms with van der Waals surface area (Å²) in [4.78, 5) is 56.0. The molecule has 11 heteroatoms. The number of aliphatic carboxylic acids is 2. The molecule has 0 aliphatic rings. The SMILES string of the molecule is CC(=O)NCCCCC(NC(=O)NC(CCCCNC(C)=O)C(=O)O)C(=O)O. The Hall–Kier alpha value is -2.85. The molecular weight excluding hydrogens is 372 g/mol. The molecule has 0 aromatic heterocycles. The van der Waals surface area contributed by atoms with Gasteiger partial charge in [-0.3, -0.25) is 9.59 Å². The highest BCUT2D eigenvalue weighted by atomic mass is 16.4. The Morgan fingerprint density at radius 2 is 1.04 bits per heavy atom. The summed E-state index contributed by atoms with van der Waals surface area (Å²) in [5.41, 5.74) is 0. The van der Waals surface area contributed by atoms with Gasteiger partial charge in [-0.2, -0.15) is 0 Å². The Kier molecular flexibility index (Phi) is 12.8. The van der Waals surface area contributed by atoms with Crippen LogP contribution in [0.4, 0.5) is 4.79 Å². The van der Waals surface area contributed by atoms with E-state index in [1.165, 1.54) is 13.8 Å². The summed E-state index contributed by atoms with van der Waals surface area (Å²) in [6.07, 6.45) is 2.33. The number of hydrogen-bond acceptors (Lipinski definition) is 5. The van der Waals surface area contributed by atoms with E-state index in [9.17, 15) is 34.2 Å². The molecule has 0 aliphatic carbocycles. The Bertz CT molecular complexity index is 508. The van der Waals surface area contributed by atoms with Gasteiger partial charge < -0.3 is 31.5 Å². The summed E-state index contributed by atoms with van der Waals surface area (Å²) < 4.78 is 0. The molecule has 0 radical (unpaired) electrons. The van der Waals surface area contributed by atoms with E-state index in [-0.39, 0.29) is 24.7 Å². The van der Waals surface area contributed by atoms with Gasteiger partial charge in [0.2, 0.25) is 11.8 Å². The average Bonchev–Trinajstić information content (AvgIpc) is 2.58. The molecule has 0 aliphatic heterocycles. The molecular formula is C17H30N4O7. The van der Waals surface area contributed by atoms with Crippen molar-refractivity contribution in [3.63, 3.8) is 0 Å². The van der Waals surface area contributed by atoms with Gasteiger partial charge in [-0.25, -0.2) is 14.4 Å². The molecule has 160 valence electrons. The van der Waals surface area contributed by atoms with Crippen LogP contribution in [0.5, 0.6) is 0 Å². The Morgan fingerprint density at radius 1 is 0.679 bits per heavy atom. The number of carboxylic acid groups (broad SMARTS) is 2. The van der Waals surface area contributed by atoms with Gasteiger partial charge in [-0.15, -0.1) is 0 Å². The number of urea groups is 1. The van der Waals surface area contributed by atoms with Crippen molar-refractivity contribution in [2.45, 2.75) is 64.5 Å². The monoisotopic (exact) mass is 402 g/mol. The maximum atomic E-state index is 12.0. The number of unbranched alkanes of at least 4 members (excludes halogenated alkanes) is 2. The molecule has 0 aromatic rings. The second-order valence-corrected chi connectivity index (χ2v) is 6.36. The third-order valence-corrected chi connectivity index (χ3v) is 3.79. The van der Waals surface area contributed by atoms with Gasteiger partial charge in [0.05, 0.1) is 0 Å². The van der Waals surface area contributed by atoms with Gasteiger partial charge in [0.1, 0.15) is 12.1 Å². The van der Waals surface area contributed by atoms with Gasteiger partial charge in [0.25, 0.3) is 0 Å². The van der Waals surface area contributed by atoms with Crippen molar-refractivity contribution < 1.29 is 34.2 Å². The van der Waals surface area contributed by atoms with Crippen molar-refractivity contribution in [2.75, 3.05) is 13.1 Å². The minimum atomic E-state index is -1.23. The molecule has 0 saturated heterocycles. The summed E-state index contributed by atoms with van der Waals surface area (Å²) in [5, 5.41) is 28.1. The molecule has 2 atom stereocenters. The smallest absolute Gasteiger partial charge is 0.326 e. The van der Waals surface area contributed by atoms with Crippen LogP contribution < -0.4 is 21.3 Å². The van der Waals surface area contributed by atoms with Crippen LogP contribution in [-0.4, -0.2) is 65.2 Å². The van der Waals surface area contributed by atoms with Crippen LogP contribution in [-0.2, 0) is 19.2 Å².